The van der Waals surface area contributed by atoms with Gasteiger partial charge >= 0.3 is 0 Å². The van der Waals surface area contributed by atoms with Crippen molar-refractivity contribution in [1.82, 2.24) is 0 Å². The highest BCUT2D eigenvalue weighted by molar-refractivity contribution is 5.93. The molecule has 1 saturated heterocycles. The van der Waals surface area contributed by atoms with Gasteiger partial charge in [0.25, 0.3) is 5.52 Å². The van der Waals surface area contributed by atoms with Crippen LogP contribution in [0.25, 0.3) is 10.9 Å². The second kappa shape index (κ2) is 7.48. The predicted octanol–water partition coefficient (Wildman–Crippen LogP) is 2.03. The van der Waals surface area contributed by atoms with Gasteiger partial charge in [0.05, 0.1) is 26.8 Å². The molecular weight excluding hydrogens is 316 g/mol. The summed E-state index contributed by atoms with van der Waals surface area (Å²) in [4.78, 5) is 5.01. The Balaban J connectivity index is 2.09. The number of hydrogen-bond acceptors (Lipinski definition) is 3. The molecule has 0 aliphatic carbocycles. The van der Waals surface area contributed by atoms with E-state index in [1.54, 1.807) is 19.1 Å². The molecule has 1 aliphatic heterocycles. The average Bonchev–Trinajstić information content (AvgIpc) is 2.64. The van der Waals surface area contributed by atoms with E-state index in [1.165, 1.54) is 32.2 Å². The molecule has 1 fully saturated rings. The third-order valence-electron chi connectivity index (χ3n) is 5.63. The van der Waals surface area contributed by atoms with Crippen LogP contribution in [0, 0.1) is 6.92 Å². The number of benzene rings is 1. The first-order valence-electron chi connectivity index (χ1n) is 9.23. The smallest absolute Gasteiger partial charge is 0.261 e. The van der Waals surface area contributed by atoms with Gasteiger partial charge in [0.1, 0.15) is 29.0 Å². The zero-order valence-electron chi connectivity index (χ0n) is 15.7. The van der Waals surface area contributed by atoms with Gasteiger partial charge in [0.15, 0.2) is 11.4 Å². The molecule has 3 rings (SSSR count). The van der Waals surface area contributed by atoms with Crippen molar-refractivity contribution in [3.63, 3.8) is 0 Å². The Hall–Kier alpha value is -2.01. The van der Waals surface area contributed by atoms with Crippen molar-refractivity contribution >= 4 is 10.9 Å². The average molecular weight is 346 g/mol. The van der Waals surface area contributed by atoms with Crippen LogP contribution in [0.4, 0.5) is 0 Å². The molecule has 1 aromatic carbocycles. The standard InChI is InChI=1S/C20H28N2O3/c1-5-14-8-6-7-11-22(14)12-15-13(2)21-19-17(25-4)10-9-16(24-3)18(19)20(15)23/h9-10,14H,5-8,11-12H2,1-4H3,(H,21,23)/p+2. The summed E-state index contributed by atoms with van der Waals surface area (Å²) in [7, 11) is 3.27. The number of piperidine rings is 1. The number of ether oxygens (including phenoxy) is 2. The van der Waals surface area contributed by atoms with Crippen LogP contribution in [-0.2, 0) is 6.54 Å². The van der Waals surface area contributed by atoms with Crippen molar-refractivity contribution in [1.29, 1.82) is 0 Å². The van der Waals surface area contributed by atoms with Gasteiger partial charge in [0, 0.05) is 6.92 Å². The van der Waals surface area contributed by atoms with E-state index in [9.17, 15) is 5.11 Å². The van der Waals surface area contributed by atoms with E-state index >= 15 is 0 Å². The molecule has 0 amide bonds. The third kappa shape index (κ3) is 3.25. The molecule has 0 saturated carbocycles. The van der Waals surface area contributed by atoms with Gasteiger partial charge in [-0.15, -0.1) is 0 Å². The summed E-state index contributed by atoms with van der Waals surface area (Å²) in [5, 5.41) is 11.8. The van der Waals surface area contributed by atoms with E-state index in [2.05, 4.69) is 11.9 Å². The number of nitrogens with one attached hydrogen (secondary N) is 2. The normalized spacial score (nSPS) is 20.6. The second-order valence-corrected chi connectivity index (χ2v) is 6.98. The Morgan fingerprint density at radius 2 is 1.92 bits per heavy atom. The van der Waals surface area contributed by atoms with Gasteiger partial charge in [0.2, 0.25) is 0 Å². The molecule has 25 heavy (non-hydrogen) atoms. The summed E-state index contributed by atoms with van der Waals surface area (Å²) in [6, 6.07) is 4.38. The number of H-pyrrole nitrogens is 1. The van der Waals surface area contributed by atoms with Crippen molar-refractivity contribution in [2.75, 3.05) is 20.8 Å². The molecule has 0 bridgehead atoms. The lowest BCUT2D eigenvalue weighted by Gasteiger charge is -2.32. The molecule has 5 heteroatoms. The highest BCUT2D eigenvalue weighted by atomic mass is 16.5. The fourth-order valence-corrected chi connectivity index (χ4v) is 4.18. The third-order valence-corrected chi connectivity index (χ3v) is 5.63. The van der Waals surface area contributed by atoms with Gasteiger partial charge in [-0.2, -0.15) is 0 Å². The minimum atomic E-state index is 0.315. The van der Waals surface area contributed by atoms with Gasteiger partial charge in [-0.1, -0.05) is 6.92 Å². The van der Waals surface area contributed by atoms with E-state index < -0.39 is 0 Å². The Kier molecular flexibility index (Phi) is 5.33. The maximum atomic E-state index is 11.1. The summed E-state index contributed by atoms with van der Waals surface area (Å²) in [5.74, 6) is 1.68. The van der Waals surface area contributed by atoms with E-state index in [-0.39, 0.29) is 0 Å². The number of aromatic nitrogens is 1. The lowest BCUT2D eigenvalue weighted by Crippen LogP contribution is -3.15. The van der Waals surface area contributed by atoms with Crippen LogP contribution in [0.15, 0.2) is 12.1 Å². The molecular formula is C20H30N2O3+2. The molecule has 1 aliphatic rings. The molecule has 0 radical (unpaired) electrons. The number of aryl methyl sites for hydroxylation is 1. The zero-order valence-corrected chi connectivity index (χ0v) is 15.7. The first-order valence-corrected chi connectivity index (χ1v) is 9.23. The van der Waals surface area contributed by atoms with Crippen molar-refractivity contribution in [2.24, 2.45) is 0 Å². The Bertz CT molecular complexity index is 760. The minimum absolute atomic E-state index is 0.315. The Labute approximate surface area is 149 Å². The van der Waals surface area contributed by atoms with Gasteiger partial charge in [-0.25, -0.2) is 4.98 Å². The van der Waals surface area contributed by atoms with Crippen molar-refractivity contribution < 1.29 is 24.5 Å². The molecule has 136 valence electrons. The summed E-state index contributed by atoms with van der Waals surface area (Å²) in [6.45, 7) is 6.30. The number of methoxy groups -OCH3 is 2. The maximum absolute atomic E-state index is 11.1. The van der Waals surface area contributed by atoms with Crippen LogP contribution in [0.1, 0.15) is 43.9 Å². The maximum Gasteiger partial charge on any atom is 0.261 e. The molecule has 2 heterocycles. The van der Waals surface area contributed by atoms with Crippen LogP contribution >= 0.6 is 0 Å². The highest BCUT2D eigenvalue weighted by Crippen LogP contribution is 2.38. The molecule has 2 atom stereocenters. The lowest BCUT2D eigenvalue weighted by molar-refractivity contribution is -0.944. The number of rotatable bonds is 5. The summed E-state index contributed by atoms with van der Waals surface area (Å²) < 4.78 is 11.0. The van der Waals surface area contributed by atoms with Crippen LogP contribution < -0.4 is 19.4 Å². The number of pyridine rings is 1. The summed E-state index contributed by atoms with van der Waals surface area (Å²) >= 11 is 0. The molecule has 2 unspecified atom stereocenters. The Morgan fingerprint density at radius 3 is 2.60 bits per heavy atom. The van der Waals surface area contributed by atoms with E-state index in [0.717, 1.165) is 23.3 Å². The lowest BCUT2D eigenvalue weighted by atomic mass is 9.98. The van der Waals surface area contributed by atoms with E-state index in [4.69, 9.17) is 9.47 Å². The number of aromatic amines is 1. The van der Waals surface area contributed by atoms with Crippen LogP contribution in [0.2, 0.25) is 0 Å². The zero-order chi connectivity index (χ0) is 18.0. The molecule has 3 N–H and O–H groups in total. The van der Waals surface area contributed by atoms with E-state index in [0.29, 0.717) is 28.7 Å². The Morgan fingerprint density at radius 1 is 1.20 bits per heavy atom. The van der Waals surface area contributed by atoms with Crippen molar-refractivity contribution in [2.45, 2.75) is 52.1 Å². The second-order valence-electron chi connectivity index (χ2n) is 6.98. The number of quaternary nitrogens is 1. The summed E-state index contributed by atoms with van der Waals surface area (Å²) in [5.41, 5.74) is 2.75. The van der Waals surface area contributed by atoms with Crippen LogP contribution in [0.3, 0.4) is 0 Å². The van der Waals surface area contributed by atoms with Gasteiger partial charge in [-0.05, 0) is 37.8 Å². The summed E-state index contributed by atoms with van der Waals surface area (Å²) in [6.07, 6.45) is 5.05. The van der Waals surface area contributed by atoms with Gasteiger partial charge < -0.3 is 19.5 Å². The number of fused-ring (bicyclic) bond motifs is 1. The van der Waals surface area contributed by atoms with Crippen LogP contribution in [-0.4, -0.2) is 31.9 Å². The largest absolute Gasteiger partial charge is 0.506 e. The van der Waals surface area contributed by atoms with Crippen molar-refractivity contribution in [3.05, 3.63) is 23.4 Å². The van der Waals surface area contributed by atoms with E-state index in [1.807, 2.05) is 19.1 Å². The number of likely N-dealkylation sites (tertiary alicyclic amines) is 1. The molecule has 2 aromatic rings. The van der Waals surface area contributed by atoms with Gasteiger partial charge in [-0.3, -0.25) is 0 Å². The SMILES string of the molecule is CCC1CCCC[NH+]1Cc1c(C)[nH+]c2c(OC)ccc(OC)c2c1O. The molecule has 0 spiro atoms. The molecule has 5 nitrogen and oxygen atoms in total. The molecule has 1 aromatic heterocycles. The fourth-order valence-electron chi connectivity index (χ4n) is 4.18. The topological polar surface area (TPSA) is 57.3 Å². The first kappa shape index (κ1) is 17.8. The van der Waals surface area contributed by atoms with Crippen molar-refractivity contribution in [3.8, 4) is 17.2 Å². The quantitative estimate of drug-likeness (QED) is 0.871. The minimum Gasteiger partial charge on any atom is -0.506 e. The number of aromatic hydroxyl groups is 1. The van der Waals surface area contributed by atoms with Crippen LogP contribution in [0.5, 0.6) is 17.2 Å². The monoisotopic (exact) mass is 346 g/mol. The highest BCUT2D eigenvalue weighted by Gasteiger charge is 2.30. The predicted molar refractivity (Wildman–Crippen MR) is 97.5 cm³/mol. The first-order chi connectivity index (χ1) is 12.1. The number of hydrogen-bond donors (Lipinski definition) is 2. The fraction of sp³-hybridized carbons (Fsp3) is 0.550.